The van der Waals surface area contributed by atoms with Crippen LogP contribution in [0.25, 0.3) is 0 Å². The highest BCUT2D eigenvalue weighted by Crippen LogP contribution is 2.05. The Hall–Kier alpha value is -2.11. The molecule has 0 saturated heterocycles. The number of pyridine rings is 1. The SMILES string of the molecule is CNC(=O)c1c(C)[nH]c(C)c(C(N)=O)c1=O. The fraction of sp³-hybridized carbons (Fsp3) is 0.300. The third-order valence-corrected chi connectivity index (χ3v) is 2.28. The first-order chi connectivity index (χ1) is 7.40. The highest BCUT2D eigenvalue weighted by atomic mass is 16.2. The van der Waals surface area contributed by atoms with E-state index in [1.165, 1.54) is 7.05 Å². The lowest BCUT2D eigenvalue weighted by Crippen LogP contribution is -2.33. The Balaban J connectivity index is 3.65. The van der Waals surface area contributed by atoms with Crippen LogP contribution >= 0.6 is 0 Å². The van der Waals surface area contributed by atoms with Gasteiger partial charge in [-0.1, -0.05) is 0 Å². The summed E-state index contributed by atoms with van der Waals surface area (Å²) in [4.78, 5) is 37.2. The number of aryl methyl sites for hydroxylation is 2. The Kier molecular flexibility index (Phi) is 3.12. The number of carbonyl (C=O) groups excluding carboxylic acids is 2. The van der Waals surface area contributed by atoms with Crippen LogP contribution in [0.4, 0.5) is 0 Å². The minimum atomic E-state index is -0.844. The molecule has 0 aliphatic heterocycles. The van der Waals surface area contributed by atoms with Crippen LogP contribution in [0.5, 0.6) is 0 Å². The van der Waals surface area contributed by atoms with Crippen LogP contribution in [-0.4, -0.2) is 23.8 Å². The molecule has 0 bridgehead atoms. The molecule has 6 heteroatoms. The molecule has 1 rings (SSSR count). The molecule has 0 aromatic carbocycles. The minimum Gasteiger partial charge on any atom is -0.365 e. The maximum Gasteiger partial charge on any atom is 0.256 e. The Bertz CT molecular complexity index is 517. The van der Waals surface area contributed by atoms with E-state index in [9.17, 15) is 14.4 Å². The average molecular weight is 223 g/mol. The smallest absolute Gasteiger partial charge is 0.256 e. The molecular formula is C10H13N3O3. The van der Waals surface area contributed by atoms with E-state index in [4.69, 9.17) is 5.73 Å². The third kappa shape index (κ3) is 1.81. The van der Waals surface area contributed by atoms with Crippen LogP contribution in [0.1, 0.15) is 32.1 Å². The Labute approximate surface area is 91.9 Å². The van der Waals surface area contributed by atoms with E-state index in [2.05, 4.69) is 10.3 Å². The summed E-state index contributed by atoms with van der Waals surface area (Å²) in [6, 6.07) is 0. The molecule has 0 aliphatic carbocycles. The van der Waals surface area contributed by atoms with Crippen LogP contribution in [0.2, 0.25) is 0 Å². The molecule has 0 fully saturated rings. The number of H-pyrrole nitrogens is 1. The number of hydrogen-bond acceptors (Lipinski definition) is 3. The maximum atomic E-state index is 11.9. The molecule has 16 heavy (non-hydrogen) atoms. The second kappa shape index (κ2) is 4.18. The first kappa shape index (κ1) is 12.0. The van der Waals surface area contributed by atoms with Gasteiger partial charge in [0.2, 0.25) is 5.43 Å². The minimum absolute atomic E-state index is 0.0816. The standard InChI is InChI=1S/C10H13N3O3/c1-4-6(9(11)15)8(14)7(5(2)13-4)10(16)12-3/h1-3H3,(H2,11,15)(H,12,16)(H,13,14). The molecule has 0 saturated carbocycles. The molecular weight excluding hydrogens is 210 g/mol. The quantitative estimate of drug-likeness (QED) is 0.626. The van der Waals surface area contributed by atoms with Gasteiger partial charge in [0.25, 0.3) is 11.8 Å². The van der Waals surface area contributed by atoms with Crippen molar-refractivity contribution in [3.63, 3.8) is 0 Å². The Morgan fingerprint density at radius 1 is 1.19 bits per heavy atom. The predicted molar refractivity (Wildman–Crippen MR) is 58.4 cm³/mol. The summed E-state index contributed by atoms with van der Waals surface area (Å²) < 4.78 is 0. The first-order valence-corrected chi connectivity index (χ1v) is 4.65. The summed E-state index contributed by atoms with van der Waals surface area (Å²) in [5.41, 5.74) is 4.96. The van der Waals surface area contributed by atoms with Crippen molar-refractivity contribution in [2.24, 2.45) is 5.73 Å². The van der Waals surface area contributed by atoms with E-state index < -0.39 is 17.2 Å². The molecule has 0 atom stereocenters. The summed E-state index contributed by atoms with van der Waals surface area (Å²) in [7, 11) is 1.41. The molecule has 2 amide bonds. The summed E-state index contributed by atoms with van der Waals surface area (Å²) in [5, 5.41) is 2.34. The van der Waals surface area contributed by atoms with Crippen LogP contribution in [0.3, 0.4) is 0 Å². The van der Waals surface area contributed by atoms with E-state index >= 15 is 0 Å². The summed E-state index contributed by atoms with van der Waals surface area (Å²) in [5.74, 6) is -1.38. The van der Waals surface area contributed by atoms with Crippen molar-refractivity contribution >= 4 is 11.8 Å². The Morgan fingerprint density at radius 3 is 2.12 bits per heavy atom. The van der Waals surface area contributed by atoms with Gasteiger partial charge in [0.15, 0.2) is 0 Å². The fourth-order valence-corrected chi connectivity index (χ4v) is 1.57. The topological polar surface area (TPSA) is 105 Å². The van der Waals surface area contributed by atoms with Gasteiger partial charge < -0.3 is 16.0 Å². The van der Waals surface area contributed by atoms with Gasteiger partial charge in [-0.05, 0) is 13.8 Å². The molecule has 0 aliphatic rings. The van der Waals surface area contributed by atoms with E-state index in [0.717, 1.165) is 0 Å². The van der Waals surface area contributed by atoms with Crippen molar-refractivity contribution in [3.8, 4) is 0 Å². The first-order valence-electron chi connectivity index (χ1n) is 4.65. The van der Waals surface area contributed by atoms with Gasteiger partial charge >= 0.3 is 0 Å². The average Bonchev–Trinajstić information content (AvgIpc) is 2.15. The predicted octanol–water partition coefficient (Wildman–Crippen LogP) is -0.550. The van der Waals surface area contributed by atoms with E-state index in [1.807, 2.05) is 0 Å². The lowest BCUT2D eigenvalue weighted by atomic mass is 10.1. The molecule has 1 heterocycles. The number of amides is 2. The molecule has 1 aromatic rings. The second-order valence-electron chi connectivity index (χ2n) is 3.40. The number of carbonyl (C=O) groups is 2. The number of aromatic nitrogens is 1. The molecule has 1 aromatic heterocycles. The highest BCUT2D eigenvalue weighted by molar-refractivity contribution is 5.99. The lowest BCUT2D eigenvalue weighted by molar-refractivity contribution is 0.0961. The van der Waals surface area contributed by atoms with E-state index in [0.29, 0.717) is 11.4 Å². The second-order valence-corrected chi connectivity index (χ2v) is 3.40. The largest absolute Gasteiger partial charge is 0.365 e. The van der Waals surface area contributed by atoms with E-state index in [-0.39, 0.29) is 11.1 Å². The van der Waals surface area contributed by atoms with Gasteiger partial charge in [-0.2, -0.15) is 0 Å². The highest BCUT2D eigenvalue weighted by Gasteiger charge is 2.20. The Morgan fingerprint density at radius 2 is 1.69 bits per heavy atom. The number of aromatic amines is 1. The molecule has 0 spiro atoms. The zero-order chi connectivity index (χ0) is 12.5. The lowest BCUT2D eigenvalue weighted by Gasteiger charge is -2.08. The number of primary amides is 1. The molecule has 0 radical (unpaired) electrons. The normalized spacial score (nSPS) is 9.94. The fourth-order valence-electron chi connectivity index (χ4n) is 1.57. The van der Waals surface area contributed by atoms with Crippen molar-refractivity contribution in [2.45, 2.75) is 13.8 Å². The van der Waals surface area contributed by atoms with Crippen LogP contribution < -0.4 is 16.5 Å². The maximum absolute atomic E-state index is 11.9. The van der Waals surface area contributed by atoms with Crippen molar-refractivity contribution in [3.05, 3.63) is 32.7 Å². The molecule has 6 nitrogen and oxygen atoms in total. The van der Waals surface area contributed by atoms with Gasteiger partial charge in [-0.25, -0.2) is 0 Å². The zero-order valence-corrected chi connectivity index (χ0v) is 9.30. The number of rotatable bonds is 2. The van der Waals surface area contributed by atoms with Gasteiger partial charge in [0.1, 0.15) is 11.1 Å². The van der Waals surface area contributed by atoms with Crippen molar-refractivity contribution in [1.82, 2.24) is 10.3 Å². The number of hydrogen-bond donors (Lipinski definition) is 3. The summed E-state index contributed by atoms with van der Waals surface area (Å²) in [6.45, 7) is 3.14. The van der Waals surface area contributed by atoms with Gasteiger partial charge in [0, 0.05) is 18.4 Å². The number of nitrogens with two attached hydrogens (primary N) is 1. The van der Waals surface area contributed by atoms with Crippen LogP contribution in [0.15, 0.2) is 4.79 Å². The van der Waals surface area contributed by atoms with Crippen LogP contribution in [-0.2, 0) is 0 Å². The van der Waals surface area contributed by atoms with Crippen LogP contribution in [0, 0.1) is 13.8 Å². The summed E-state index contributed by atoms with van der Waals surface area (Å²) >= 11 is 0. The number of nitrogens with one attached hydrogen (secondary N) is 2. The van der Waals surface area contributed by atoms with Crippen molar-refractivity contribution in [2.75, 3.05) is 7.05 Å². The zero-order valence-electron chi connectivity index (χ0n) is 9.30. The van der Waals surface area contributed by atoms with Gasteiger partial charge in [-0.3, -0.25) is 14.4 Å². The summed E-state index contributed by atoms with van der Waals surface area (Å²) in [6.07, 6.45) is 0. The van der Waals surface area contributed by atoms with E-state index in [1.54, 1.807) is 13.8 Å². The molecule has 0 unspecified atom stereocenters. The monoisotopic (exact) mass is 223 g/mol. The molecule has 86 valence electrons. The third-order valence-electron chi connectivity index (χ3n) is 2.28. The molecule has 4 N–H and O–H groups in total. The van der Waals surface area contributed by atoms with Gasteiger partial charge in [-0.15, -0.1) is 0 Å². The van der Waals surface area contributed by atoms with Gasteiger partial charge in [0.05, 0.1) is 0 Å². The van der Waals surface area contributed by atoms with Crippen molar-refractivity contribution < 1.29 is 9.59 Å². The van der Waals surface area contributed by atoms with Crippen molar-refractivity contribution in [1.29, 1.82) is 0 Å².